The highest BCUT2D eigenvalue weighted by Crippen LogP contribution is 2.28. The lowest BCUT2D eigenvalue weighted by Crippen LogP contribution is -2.04. The minimum atomic E-state index is 0.483. The van der Waals surface area contributed by atoms with Gasteiger partial charge in [0.1, 0.15) is 18.1 Å². The van der Waals surface area contributed by atoms with E-state index >= 15 is 0 Å². The highest BCUT2D eigenvalue weighted by molar-refractivity contribution is 6.33. The molecule has 0 aromatic heterocycles. The quantitative estimate of drug-likeness (QED) is 0.763. The van der Waals surface area contributed by atoms with Crippen molar-refractivity contribution in [3.8, 4) is 11.5 Å². The van der Waals surface area contributed by atoms with Crippen molar-refractivity contribution in [2.45, 2.75) is 6.54 Å². The minimum Gasteiger partial charge on any atom is -0.497 e. The third kappa shape index (κ3) is 4.17. The molecule has 0 radical (unpaired) electrons. The maximum Gasteiger partial charge on any atom is 0.124 e. The van der Waals surface area contributed by atoms with Crippen molar-refractivity contribution in [3.63, 3.8) is 0 Å². The molecule has 2 rings (SSSR count). The van der Waals surface area contributed by atoms with Crippen LogP contribution in [-0.4, -0.2) is 13.7 Å². The maximum atomic E-state index is 6.18. The highest BCUT2D eigenvalue weighted by Gasteiger charge is 2.05. The fraction of sp³-hybridized carbons (Fsp3) is 0.176. The van der Waals surface area contributed by atoms with Crippen LogP contribution in [-0.2, 0) is 6.54 Å². The summed E-state index contributed by atoms with van der Waals surface area (Å²) in [7, 11) is 1.63. The number of rotatable bonds is 7. The summed E-state index contributed by atoms with van der Waals surface area (Å²) in [5, 5.41) is 3.96. The van der Waals surface area contributed by atoms with Gasteiger partial charge in [-0.05, 0) is 18.2 Å². The molecular formula is C17H18ClNO2. The van der Waals surface area contributed by atoms with Crippen LogP contribution in [0.4, 0.5) is 5.69 Å². The van der Waals surface area contributed by atoms with Gasteiger partial charge >= 0.3 is 0 Å². The van der Waals surface area contributed by atoms with Crippen LogP contribution in [0.2, 0.25) is 5.02 Å². The second kappa shape index (κ2) is 7.60. The predicted molar refractivity (Wildman–Crippen MR) is 87.5 cm³/mol. The molecule has 2 aromatic rings. The molecule has 0 fully saturated rings. The van der Waals surface area contributed by atoms with E-state index in [-0.39, 0.29) is 0 Å². The number of anilines is 1. The fourth-order valence-electron chi connectivity index (χ4n) is 1.90. The van der Waals surface area contributed by atoms with E-state index in [1.165, 1.54) is 0 Å². The first kappa shape index (κ1) is 15.3. The Morgan fingerprint density at radius 2 is 2.05 bits per heavy atom. The molecular weight excluding hydrogens is 286 g/mol. The Bertz CT molecular complexity index is 613. The van der Waals surface area contributed by atoms with Crippen LogP contribution in [0.5, 0.6) is 11.5 Å². The van der Waals surface area contributed by atoms with E-state index < -0.39 is 0 Å². The van der Waals surface area contributed by atoms with E-state index in [0.717, 1.165) is 22.7 Å². The Morgan fingerprint density at radius 3 is 2.81 bits per heavy atom. The molecule has 0 saturated heterocycles. The molecule has 1 N–H and O–H groups in total. The largest absolute Gasteiger partial charge is 0.497 e. The third-order valence-electron chi connectivity index (χ3n) is 2.97. The van der Waals surface area contributed by atoms with E-state index in [0.29, 0.717) is 18.2 Å². The van der Waals surface area contributed by atoms with Gasteiger partial charge in [0, 0.05) is 18.2 Å². The zero-order chi connectivity index (χ0) is 15.1. The lowest BCUT2D eigenvalue weighted by atomic mass is 10.2. The molecule has 0 spiro atoms. The molecule has 0 heterocycles. The second-order valence-electron chi connectivity index (χ2n) is 4.41. The van der Waals surface area contributed by atoms with Gasteiger partial charge in [0.2, 0.25) is 0 Å². The van der Waals surface area contributed by atoms with Crippen LogP contribution in [0, 0.1) is 0 Å². The number of methoxy groups -OCH3 is 1. The normalized spacial score (nSPS) is 10.0. The first-order valence-corrected chi connectivity index (χ1v) is 7.01. The molecule has 4 heteroatoms. The molecule has 0 atom stereocenters. The Morgan fingerprint density at radius 1 is 1.24 bits per heavy atom. The van der Waals surface area contributed by atoms with E-state index in [1.54, 1.807) is 13.2 Å². The number of benzene rings is 2. The monoisotopic (exact) mass is 303 g/mol. The summed E-state index contributed by atoms with van der Waals surface area (Å²) in [6.07, 6.45) is 1.73. The van der Waals surface area contributed by atoms with Crippen molar-refractivity contribution in [1.82, 2.24) is 0 Å². The molecule has 0 aliphatic heterocycles. The second-order valence-corrected chi connectivity index (χ2v) is 4.81. The number of hydrogen-bond acceptors (Lipinski definition) is 3. The van der Waals surface area contributed by atoms with E-state index in [4.69, 9.17) is 21.1 Å². The molecule has 0 unspecified atom stereocenters. The van der Waals surface area contributed by atoms with Gasteiger partial charge in [-0.3, -0.25) is 0 Å². The molecule has 2 aromatic carbocycles. The van der Waals surface area contributed by atoms with Crippen LogP contribution in [0.15, 0.2) is 55.1 Å². The van der Waals surface area contributed by atoms with Crippen molar-refractivity contribution < 1.29 is 9.47 Å². The molecule has 0 bridgehead atoms. The van der Waals surface area contributed by atoms with Gasteiger partial charge in [-0.15, -0.1) is 0 Å². The van der Waals surface area contributed by atoms with Crippen molar-refractivity contribution >= 4 is 17.3 Å². The zero-order valence-corrected chi connectivity index (χ0v) is 12.7. The first-order chi connectivity index (χ1) is 10.2. The summed E-state index contributed by atoms with van der Waals surface area (Å²) in [6.45, 7) is 4.75. The highest BCUT2D eigenvalue weighted by atomic mass is 35.5. The number of hydrogen-bond donors (Lipinski definition) is 1. The first-order valence-electron chi connectivity index (χ1n) is 6.63. The van der Waals surface area contributed by atoms with Gasteiger partial charge in [0.05, 0.1) is 17.8 Å². The summed E-state index contributed by atoms with van der Waals surface area (Å²) in [6, 6.07) is 13.4. The molecule has 0 amide bonds. The summed E-state index contributed by atoms with van der Waals surface area (Å²) in [4.78, 5) is 0. The molecule has 21 heavy (non-hydrogen) atoms. The lowest BCUT2D eigenvalue weighted by molar-refractivity contribution is 0.359. The van der Waals surface area contributed by atoms with Crippen molar-refractivity contribution in [3.05, 3.63) is 65.7 Å². The van der Waals surface area contributed by atoms with E-state index in [1.807, 2.05) is 42.5 Å². The average molecular weight is 304 g/mol. The van der Waals surface area contributed by atoms with Gasteiger partial charge < -0.3 is 14.8 Å². The summed E-state index contributed by atoms with van der Waals surface area (Å²) in [5.74, 6) is 1.60. The fourth-order valence-corrected chi connectivity index (χ4v) is 2.08. The van der Waals surface area contributed by atoms with Gasteiger partial charge in [-0.1, -0.05) is 42.5 Å². The standard InChI is InChI=1S/C17H18ClNO2/c1-3-10-21-17-7-5-4-6-13(17)12-19-16-11-14(20-2)8-9-15(16)18/h3-9,11,19H,1,10,12H2,2H3. The van der Waals surface area contributed by atoms with Crippen LogP contribution in [0.25, 0.3) is 0 Å². The Labute approximate surface area is 130 Å². The Balaban J connectivity index is 2.11. The number of para-hydroxylation sites is 1. The summed E-state index contributed by atoms with van der Waals surface area (Å²) >= 11 is 6.18. The van der Waals surface area contributed by atoms with Crippen LogP contribution in [0.1, 0.15) is 5.56 Å². The number of ether oxygens (including phenoxy) is 2. The zero-order valence-electron chi connectivity index (χ0n) is 11.9. The van der Waals surface area contributed by atoms with E-state index in [2.05, 4.69) is 11.9 Å². The molecule has 0 saturated carbocycles. The van der Waals surface area contributed by atoms with Gasteiger partial charge in [-0.25, -0.2) is 0 Å². The smallest absolute Gasteiger partial charge is 0.124 e. The summed E-state index contributed by atoms with van der Waals surface area (Å²) in [5.41, 5.74) is 1.88. The molecule has 110 valence electrons. The SMILES string of the molecule is C=CCOc1ccccc1CNc1cc(OC)ccc1Cl. The van der Waals surface area contributed by atoms with Gasteiger partial charge in [0.25, 0.3) is 0 Å². The lowest BCUT2D eigenvalue weighted by Gasteiger charge is -2.13. The maximum absolute atomic E-state index is 6.18. The van der Waals surface area contributed by atoms with Gasteiger partial charge in [-0.2, -0.15) is 0 Å². The Hall–Kier alpha value is -2.13. The van der Waals surface area contributed by atoms with Crippen molar-refractivity contribution in [2.75, 3.05) is 19.0 Å². The number of nitrogens with one attached hydrogen (secondary N) is 1. The van der Waals surface area contributed by atoms with Crippen LogP contribution >= 0.6 is 11.6 Å². The van der Waals surface area contributed by atoms with Crippen molar-refractivity contribution in [1.29, 1.82) is 0 Å². The van der Waals surface area contributed by atoms with Crippen LogP contribution in [0.3, 0.4) is 0 Å². The topological polar surface area (TPSA) is 30.5 Å². The number of halogens is 1. The third-order valence-corrected chi connectivity index (χ3v) is 3.30. The summed E-state index contributed by atoms with van der Waals surface area (Å²) < 4.78 is 10.8. The molecule has 0 aliphatic rings. The van der Waals surface area contributed by atoms with Crippen LogP contribution < -0.4 is 14.8 Å². The Kier molecular flexibility index (Phi) is 5.52. The minimum absolute atomic E-state index is 0.483. The predicted octanol–water partition coefficient (Wildman–Crippen LogP) is 4.53. The van der Waals surface area contributed by atoms with Crippen molar-refractivity contribution in [2.24, 2.45) is 0 Å². The van der Waals surface area contributed by atoms with Gasteiger partial charge in [0.15, 0.2) is 0 Å². The molecule has 0 aliphatic carbocycles. The average Bonchev–Trinajstić information content (AvgIpc) is 2.53. The van der Waals surface area contributed by atoms with E-state index in [9.17, 15) is 0 Å². The molecule has 3 nitrogen and oxygen atoms in total.